The molecule has 140 valence electrons. The van der Waals surface area contributed by atoms with E-state index in [1.165, 1.54) is 23.7 Å². The van der Waals surface area contributed by atoms with Crippen molar-refractivity contribution in [2.45, 2.75) is 23.8 Å². The van der Waals surface area contributed by atoms with E-state index in [9.17, 15) is 12.8 Å². The van der Waals surface area contributed by atoms with Crippen molar-refractivity contribution in [2.75, 3.05) is 20.2 Å². The molecule has 0 bridgehead atoms. The van der Waals surface area contributed by atoms with Crippen molar-refractivity contribution in [3.8, 4) is 11.9 Å². The van der Waals surface area contributed by atoms with Crippen LogP contribution in [-0.4, -0.2) is 49.0 Å². The maximum atomic E-state index is 13.3. The highest BCUT2D eigenvalue weighted by atomic mass is 35.5. The number of aromatic nitrogens is 2. The Labute approximate surface area is 155 Å². The van der Waals surface area contributed by atoms with Gasteiger partial charge in [0.1, 0.15) is 11.9 Å². The first-order valence-corrected chi connectivity index (χ1v) is 9.71. The lowest BCUT2D eigenvalue weighted by Gasteiger charge is -2.31. The zero-order valence-corrected chi connectivity index (χ0v) is 15.5. The first-order valence-electron chi connectivity index (χ1n) is 7.89. The van der Waals surface area contributed by atoms with Gasteiger partial charge in [-0.2, -0.15) is 9.29 Å². The second-order valence-corrected chi connectivity index (χ2v) is 8.02. The molecule has 0 N–H and O–H groups in total. The van der Waals surface area contributed by atoms with Gasteiger partial charge in [-0.05, 0) is 31.0 Å². The molecular weight excluding hydrogens is 385 g/mol. The summed E-state index contributed by atoms with van der Waals surface area (Å²) in [5.41, 5.74) is 0. The first kappa shape index (κ1) is 18.8. The fourth-order valence-electron chi connectivity index (χ4n) is 2.64. The van der Waals surface area contributed by atoms with Crippen molar-refractivity contribution in [2.24, 2.45) is 0 Å². The smallest absolute Gasteiger partial charge is 0.319 e. The Bertz CT molecular complexity index is 889. The van der Waals surface area contributed by atoms with E-state index in [4.69, 9.17) is 21.1 Å². The summed E-state index contributed by atoms with van der Waals surface area (Å²) in [4.78, 5) is 7.96. The average Bonchev–Trinajstić information content (AvgIpc) is 2.64. The van der Waals surface area contributed by atoms with E-state index in [2.05, 4.69) is 9.97 Å². The minimum Gasteiger partial charge on any atom is -0.474 e. The summed E-state index contributed by atoms with van der Waals surface area (Å²) in [5, 5.41) is -0.220. The Kier molecular flexibility index (Phi) is 5.59. The number of sulfonamides is 1. The summed E-state index contributed by atoms with van der Waals surface area (Å²) in [5.74, 6) is -0.276. The number of halogens is 2. The minimum atomic E-state index is -3.73. The number of ether oxygens (including phenoxy) is 2. The van der Waals surface area contributed by atoms with Gasteiger partial charge in [0.25, 0.3) is 0 Å². The van der Waals surface area contributed by atoms with Crippen molar-refractivity contribution in [1.29, 1.82) is 0 Å². The van der Waals surface area contributed by atoms with E-state index in [0.29, 0.717) is 18.7 Å². The number of hydrogen-bond donors (Lipinski definition) is 0. The molecule has 1 fully saturated rings. The number of nitrogens with zero attached hydrogens (tertiary/aromatic N) is 3. The number of methoxy groups -OCH3 is 1. The molecular formula is C16H17ClFN3O4S. The predicted molar refractivity (Wildman–Crippen MR) is 92.4 cm³/mol. The molecule has 0 spiro atoms. The molecule has 3 rings (SSSR count). The van der Waals surface area contributed by atoms with Crippen LogP contribution in [0.4, 0.5) is 4.39 Å². The van der Waals surface area contributed by atoms with Crippen LogP contribution in [-0.2, 0) is 10.0 Å². The molecule has 1 aliphatic heterocycles. The predicted octanol–water partition coefficient (Wildman–Crippen LogP) is 2.51. The van der Waals surface area contributed by atoms with Gasteiger partial charge in [-0.25, -0.2) is 17.8 Å². The summed E-state index contributed by atoms with van der Waals surface area (Å²) < 4.78 is 50.7. The molecule has 1 aromatic carbocycles. The van der Waals surface area contributed by atoms with E-state index in [1.807, 2.05) is 0 Å². The lowest BCUT2D eigenvalue weighted by molar-refractivity contribution is 0.128. The number of benzene rings is 1. The lowest BCUT2D eigenvalue weighted by atomic mass is 10.1. The molecule has 0 radical (unpaired) electrons. The second-order valence-electron chi connectivity index (χ2n) is 5.68. The fraction of sp³-hybridized carbons (Fsp3) is 0.375. The van der Waals surface area contributed by atoms with Gasteiger partial charge in [0.05, 0.1) is 17.0 Å². The number of hydrogen-bond acceptors (Lipinski definition) is 6. The van der Waals surface area contributed by atoms with Gasteiger partial charge in [0.2, 0.25) is 15.9 Å². The van der Waals surface area contributed by atoms with Gasteiger partial charge >= 0.3 is 6.01 Å². The zero-order chi connectivity index (χ0) is 18.7. The average molecular weight is 402 g/mol. The van der Waals surface area contributed by atoms with Gasteiger partial charge in [-0.15, -0.1) is 0 Å². The van der Waals surface area contributed by atoms with Crippen LogP contribution in [0.2, 0.25) is 5.02 Å². The van der Waals surface area contributed by atoms with E-state index >= 15 is 0 Å². The first-order chi connectivity index (χ1) is 12.4. The summed E-state index contributed by atoms with van der Waals surface area (Å²) >= 11 is 5.70. The molecule has 2 aromatic rings. The second kappa shape index (κ2) is 7.73. The van der Waals surface area contributed by atoms with Gasteiger partial charge in [0, 0.05) is 25.4 Å². The van der Waals surface area contributed by atoms with Crippen molar-refractivity contribution in [3.63, 3.8) is 0 Å². The van der Waals surface area contributed by atoms with Crippen LogP contribution in [0.3, 0.4) is 0 Å². The van der Waals surface area contributed by atoms with Gasteiger partial charge < -0.3 is 9.47 Å². The van der Waals surface area contributed by atoms with Crippen LogP contribution in [0.15, 0.2) is 35.4 Å². The normalized spacial score (nSPS) is 16.4. The highest BCUT2D eigenvalue weighted by Crippen LogP contribution is 2.26. The van der Waals surface area contributed by atoms with Crippen molar-refractivity contribution in [1.82, 2.24) is 14.3 Å². The Morgan fingerprint density at radius 1 is 1.27 bits per heavy atom. The highest BCUT2D eigenvalue weighted by molar-refractivity contribution is 7.89. The molecule has 0 unspecified atom stereocenters. The lowest BCUT2D eigenvalue weighted by Crippen LogP contribution is -2.41. The van der Waals surface area contributed by atoms with Crippen LogP contribution >= 0.6 is 11.6 Å². The molecule has 0 atom stereocenters. The molecule has 1 saturated heterocycles. The Morgan fingerprint density at radius 2 is 2.00 bits per heavy atom. The van der Waals surface area contributed by atoms with E-state index in [1.54, 1.807) is 6.07 Å². The third-order valence-electron chi connectivity index (χ3n) is 4.01. The van der Waals surface area contributed by atoms with E-state index < -0.39 is 15.8 Å². The van der Waals surface area contributed by atoms with Crippen LogP contribution in [0.5, 0.6) is 11.9 Å². The quantitative estimate of drug-likeness (QED) is 0.765. The molecule has 26 heavy (non-hydrogen) atoms. The number of rotatable bonds is 5. The molecule has 2 heterocycles. The van der Waals surface area contributed by atoms with Crippen LogP contribution < -0.4 is 9.47 Å². The summed E-state index contributed by atoms with van der Waals surface area (Å²) in [6, 6.07) is 5.21. The summed E-state index contributed by atoms with van der Waals surface area (Å²) in [6.07, 6.45) is 2.36. The Balaban J connectivity index is 1.64. The molecule has 1 aliphatic rings. The summed E-state index contributed by atoms with van der Waals surface area (Å²) in [6.45, 7) is 0.564. The van der Waals surface area contributed by atoms with Crippen molar-refractivity contribution >= 4 is 21.6 Å². The van der Waals surface area contributed by atoms with E-state index in [0.717, 1.165) is 12.1 Å². The standard InChI is InChI=1S/C16H17ClFN3O4S/c1-24-16-19-7-4-15(20-16)25-11-5-8-21(9-6-11)26(22,23)12-2-3-14(18)13(17)10-12/h2-4,7,10-11H,5-6,8-9H2,1H3. The summed E-state index contributed by atoms with van der Waals surface area (Å²) in [7, 11) is -2.26. The molecule has 10 heteroatoms. The monoisotopic (exact) mass is 401 g/mol. The van der Waals surface area contributed by atoms with Crippen LogP contribution in [0, 0.1) is 5.82 Å². The van der Waals surface area contributed by atoms with Crippen LogP contribution in [0.1, 0.15) is 12.8 Å². The molecule has 7 nitrogen and oxygen atoms in total. The largest absolute Gasteiger partial charge is 0.474 e. The third kappa shape index (κ3) is 4.05. The van der Waals surface area contributed by atoms with Gasteiger partial charge in [-0.3, -0.25) is 0 Å². The molecule has 0 saturated carbocycles. The maximum absolute atomic E-state index is 13.3. The maximum Gasteiger partial charge on any atom is 0.319 e. The highest BCUT2D eigenvalue weighted by Gasteiger charge is 2.30. The minimum absolute atomic E-state index is 0.0243. The third-order valence-corrected chi connectivity index (χ3v) is 6.19. The molecule has 1 aromatic heterocycles. The van der Waals surface area contributed by atoms with Crippen LogP contribution in [0.25, 0.3) is 0 Å². The van der Waals surface area contributed by atoms with Crippen molar-refractivity contribution in [3.05, 3.63) is 41.3 Å². The molecule has 0 amide bonds. The Morgan fingerprint density at radius 3 is 2.65 bits per heavy atom. The fourth-order valence-corrected chi connectivity index (χ4v) is 4.38. The van der Waals surface area contributed by atoms with Crippen molar-refractivity contribution < 1.29 is 22.3 Å². The van der Waals surface area contributed by atoms with Gasteiger partial charge in [-0.1, -0.05) is 11.6 Å². The molecule has 0 aliphatic carbocycles. The topological polar surface area (TPSA) is 81.6 Å². The number of piperidine rings is 1. The zero-order valence-electron chi connectivity index (χ0n) is 13.9. The Hall–Kier alpha value is -1.97. The van der Waals surface area contributed by atoms with E-state index in [-0.39, 0.29) is 35.1 Å². The van der Waals surface area contributed by atoms with Gasteiger partial charge in [0.15, 0.2) is 0 Å². The SMILES string of the molecule is COc1nccc(OC2CCN(S(=O)(=O)c3ccc(F)c(Cl)c3)CC2)n1.